The Bertz CT molecular complexity index is 544. The number of hydrogen-bond donors (Lipinski definition) is 1. The molecule has 0 saturated carbocycles. The van der Waals surface area contributed by atoms with Gasteiger partial charge in [0.1, 0.15) is 5.75 Å². The maximum absolute atomic E-state index is 12.0. The van der Waals surface area contributed by atoms with Crippen molar-refractivity contribution in [3.05, 3.63) is 35.9 Å². The molecule has 1 N–H and O–H groups in total. The fraction of sp³-hybridized carbons (Fsp3) is 0.375. The second-order valence-corrected chi connectivity index (χ2v) is 4.65. The van der Waals surface area contributed by atoms with E-state index in [1.165, 1.54) is 37.3 Å². The summed E-state index contributed by atoms with van der Waals surface area (Å²) in [4.78, 5) is 23.2. The van der Waals surface area contributed by atoms with Gasteiger partial charge in [-0.2, -0.15) is 8.78 Å². The molecule has 1 aromatic rings. The minimum absolute atomic E-state index is 0.0287. The Morgan fingerprint density at radius 2 is 1.91 bits per heavy atom. The SMILES string of the molecule is CCCNC(=O)[C@H](C)OC(=O)/C=C/c1ccc(OC(F)F)cc1. The number of ether oxygens (including phenoxy) is 2. The van der Waals surface area contributed by atoms with Gasteiger partial charge >= 0.3 is 12.6 Å². The average molecular weight is 327 g/mol. The van der Waals surface area contributed by atoms with Gasteiger partial charge in [0.2, 0.25) is 0 Å². The molecule has 1 atom stereocenters. The van der Waals surface area contributed by atoms with E-state index in [-0.39, 0.29) is 11.7 Å². The first-order valence-corrected chi connectivity index (χ1v) is 7.13. The van der Waals surface area contributed by atoms with Gasteiger partial charge in [0, 0.05) is 12.6 Å². The number of carbonyl (C=O) groups excluding carboxylic acids is 2. The summed E-state index contributed by atoms with van der Waals surface area (Å²) >= 11 is 0. The van der Waals surface area contributed by atoms with Crippen molar-refractivity contribution in [1.29, 1.82) is 0 Å². The molecule has 23 heavy (non-hydrogen) atoms. The summed E-state index contributed by atoms with van der Waals surface area (Å²) in [7, 11) is 0. The van der Waals surface area contributed by atoms with Crippen LogP contribution in [0.1, 0.15) is 25.8 Å². The molecule has 0 aliphatic rings. The second-order valence-electron chi connectivity index (χ2n) is 4.65. The zero-order valence-corrected chi connectivity index (χ0v) is 12.9. The van der Waals surface area contributed by atoms with Gasteiger partial charge in [0.25, 0.3) is 5.91 Å². The molecular weight excluding hydrogens is 308 g/mol. The van der Waals surface area contributed by atoms with Crippen LogP contribution in [0.2, 0.25) is 0 Å². The molecule has 0 radical (unpaired) electrons. The molecular formula is C16H19F2NO4. The van der Waals surface area contributed by atoms with Crippen molar-refractivity contribution in [1.82, 2.24) is 5.32 Å². The topological polar surface area (TPSA) is 64.6 Å². The number of carbonyl (C=O) groups is 2. The molecule has 0 aromatic heterocycles. The normalized spacial score (nSPS) is 12.2. The van der Waals surface area contributed by atoms with Gasteiger partial charge in [-0.15, -0.1) is 0 Å². The highest BCUT2D eigenvalue weighted by Gasteiger charge is 2.15. The van der Waals surface area contributed by atoms with Gasteiger partial charge < -0.3 is 14.8 Å². The van der Waals surface area contributed by atoms with Crippen LogP contribution < -0.4 is 10.1 Å². The monoisotopic (exact) mass is 327 g/mol. The van der Waals surface area contributed by atoms with E-state index in [4.69, 9.17) is 4.74 Å². The maximum atomic E-state index is 12.0. The summed E-state index contributed by atoms with van der Waals surface area (Å²) in [5, 5.41) is 2.62. The predicted octanol–water partition coefficient (Wildman–Crippen LogP) is 2.76. The summed E-state index contributed by atoms with van der Waals surface area (Å²) < 4.78 is 33.2. The largest absolute Gasteiger partial charge is 0.449 e. The standard InChI is InChI=1S/C16H19F2NO4/c1-3-10-19-15(21)11(2)22-14(20)9-6-12-4-7-13(8-5-12)23-16(17)18/h4-9,11,16H,3,10H2,1-2H3,(H,19,21)/b9-6+/t11-/m0/s1. The van der Waals surface area contributed by atoms with Gasteiger partial charge in [-0.1, -0.05) is 19.1 Å². The third kappa shape index (κ3) is 7.39. The smallest absolute Gasteiger partial charge is 0.387 e. The van der Waals surface area contributed by atoms with Gasteiger partial charge in [0.15, 0.2) is 6.10 Å². The lowest BCUT2D eigenvalue weighted by atomic mass is 10.2. The fourth-order valence-electron chi connectivity index (χ4n) is 1.58. The Labute approximate surface area is 133 Å². The van der Waals surface area contributed by atoms with E-state index in [0.29, 0.717) is 12.1 Å². The van der Waals surface area contributed by atoms with E-state index in [9.17, 15) is 18.4 Å². The van der Waals surface area contributed by atoms with E-state index in [2.05, 4.69) is 10.1 Å². The lowest BCUT2D eigenvalue weighted by Gasteiger charge is -2.11. The number of benzene rings is 1. The number of esters is 1. The maximum Gasteiger partial charge on any atom is 0.387 e. The number of halogens is 2. The molecule has 0 aliphatic heterocycles. The van der Waals surface area contributed by atoms with E-state index < -0.39 is 18.7 Å². The van der Waals surface area contributed by atoms with Crippen LogP contribution in [0.15, 0.2) is 30.3 Å². The van der Waals surface area contributed by atoms with E-state index in [0.717, 1.165) is 12.5 Å². The zero-order valence-electron chi connectivity index (χ0n) is 12.9. The van der Waals surface area contributed by atoms with Crippen molar-refractivity contribution in [3.63, 3.8) is 0 Å². The third-order valence-corrected chi connectivity index (χ3v) is 2.73. The summed E-state index contributed by atoms with van der Waals surface area (Å²) in [5.41, 5.74) is 0.603. The summed E-state index contributed by atoms with van der Waals surface area (Å²) in [6.45, 7) is 1.03. The molecule has 1 amide bonds. The van der Waals surface area contributed by atoms with Crippen LogP contribution in [-0.2, 0) is 14.3 Å². The molecule has 0 bridgehead atoms. The quantitative estimate of drug-likeness (QED) is 0.589. The highest BCUT2D eigenvalue weighted by molar-refractivity contribution is 5.90. The third-order valence-electron chi connectivity index (χ3n) is 2.73. The average Bonchev–Trinajstić information content (AvgIpc) is 2.51. The van der Waals surface area contributed by atoms with E-state index >= 15 is 0 Å². The van der Waals surface area contributed by atoms with Crippen LogP contribution in [0.3, 0.4) is 0 Å². The number of alkyl halides is 2. The Kier molecular flexibility index (Phi) is 7.73. The Morgan fingerprint density at radius 1 is 1.26 bits per heavy atom. The van der Waals surface area contributed by atoms with Gasteiger partial charge in [-0.05, 0) is 37.1 Å². The molecule has 0 heterocycles. The van der Waals surface area contributed by atoms with Crippen LogP contribution in [0.25, 0.3) is 6.08 Å². The predicted molar refractivity (Wildman–Crippen MR) is 81.0 cm³/mol. The van der Waals surface area contributed by atoms with Crippen molar-refractivity contribution < 1.29 is 27.8 Å². The first-order chi connectivity index (χ1) is 10.9. The zero-order chi connectivity index (χ0) is 17.2. The van der Waals surface area contributed by atoms with E-state index in [1.807, 2.05) is 6.92 Å². The molecule has 0 unspecified atom stereocenters. The highest BCUT2D eigenvalue weighted by atomic mass is 19.3. The first kappa shape index (κ1) is 18.6. The minimum atomic E-state index is -2.88. The molecule has 0 spiro atoms. The summed E-state index contributed by atoms with van der Waals surface area (Å²) in [6, 6.07) is 5.74. The van der Waals surface area contributed by atoms with Crippen LogP contribution in [-0.4, -0.2) is 31.1 Å². The van der Waals surface area contributed by atoms with Crippen molar-refractivity contribution in [2.75, 3.05) is 6.54 Å². The minimum Gasteiger partial charge on any atom is -0.449 e. The highest BCUT2D eigenvalue weighted by Crippen LogP contribution is 2.15. The van der Waals surface area contributed by atoms with E-state index in [1.54, 1.807) is 0 Å². The van der Waals surface area contributed by atoms with Crippen molar-refractivity contribution in [2.45, 2.75) is 33.0 Å². The van der Waals surface area contributed by atoms with Crippen LogP contribution in [0.4, 0.5) is 8.78 Å². The van der Waals surface area contributed by atoms with Crippen LogP contribution >= 0.6 is 0 Å². The Balaban J connectivity index is 2.49. The van der Waals surface area contributed by atoms with Gasteiger partial charge in [-0.25, -0.2) is 4.79 Å². The van der Waals surface area contributed by atoms with Crippen LogP contribution in [0, 0.1) is 0 Å². The summed E-state index contributed by atoms with van der Waals surface area (Å²) in [5.74, 6) is -1.000. The van der Waals surface area contributed by atoms with Gasteiger partial charge in [-0.3, -0.25) is 4.79 Å². The lowest BCUT2D eigenvalue weighted by molar-refractivity contribution is -0.150. The van der Waals surface area contributed by atoms with Crippen molar-refractivity contribution in [3.8, 4) is 5.75 Å². The molecule has 1 rings (SSSR count). The molecule has 0 aliphatic carbocycles. The number of rotatable bonds is 8. The first-order valence-electron chi connectivity index (χ1n) is 7.13. The second kappa shape index (κ2) is 9.55. The Hall–Kier alpha value is -2.44. The number of nitrogens with one attached hydrogen (secondary N) is 1. The Morgan fingerprint density at radius 3 is 2.48 bits per heavy atom. The van der Waals surface area contributed by atoms with Crippen molar-refractivity contribution in [2.24, 2.45) is 0 Å². The molecule has 1 aromatic carbocycles. The number of hydrogen-bond acceptors (Lipinski definition) is 4. The van der Waals surface area contributed by atoms with Crippen LogP contribution in [0.5, 0.6) is 5.75 Å². The summed E-state index contributed by atoms with van der Waals surface area (Å²) in [6.07, 6.45) is 2.51. The number of amides is 1. The van der Waals surface area contributed by atoms with Crippen molar-refractivity contribution >= 4 is 18.0 Å². The fourth-order valence-corrected chi connectivity index (χ4v) is 1.58. The molecule has 5 nitrogen and oxygen atoms in total. The molecule has 7 heteroatoms. The molecule has 0 saturated heterocycles. The lowest BCUT2D eigenvalue weighted by Crippen LogP contribution is -2.35. The molecule has 126 valence electrons. The van der Waals surface area contributed by atoms with Gasteiger partial charge in [0.05, 0.1) is 0 Å². The molecule has 0 fully saturated rings.